The summed E-state index contributed by atoms with van der Waals surface area (Å²) >= 11 is 1.52. The van der Waals surface area contributed by atoms with E-state index in [0.29, 0.717) is 13.2 Å². The molecule has 128 valence electrons. The molecule has 1 aliphatic heterocycles. The summed E-state index contributed by atoms with van der Waals surface area (Å²) < 4.78 is 1.74. The highest BCUT2D eigenvalue weighted by atomic mass is 32.1. The molecule has 3 heterocycles. The van der Waals surface area contributed by atoms with Crippen LogP contribution in [-0.4, -0.2) is 69.1 Å². The lowest BCUT2D eigenvalue weighted by atomic mass is 10.1. The molecule has 0 saturated heterocycles. The maximum atomic E-state index is 11.3. The molecule has 9 heteroatoms. The van der Waals surface area contributed by atoms with Gasteiger partial charge in [-0.05, 0) is 19.5 Å². The van der Waals surface area contributed by atoms with E-state index in [1.165, 1.54) is 16.4 Å². The molecule has 0 fully saturated rings. The predicted molar refractivity (Wildman–Crippen MR) is 90.8 cm³/mol. The van der Waals surface area contributed by atoms with Crippen molar-refractivity contribution in [2.24, 2.45) is 0 Å². The number of amides is 1. The van der Waals surface area contributed by atoms with Crippen LogP contribution in [0.2, 0.25) is 0 Å². The molecule has 0 aromatic carbocycles. The molecule has 2 aromatic heterocycles. The third-order valence-electron chi connectivity index (χ3n) is 3.63. The van der Waals surface area contributed by atoms with Crippen molar-refractivity contribution in [3.8, 4) is 10.7 Å². The average Bonchev–Trinajstić information content (AvgIpc) is 3.26. The Bertz CT molecular complexity index is 699. The van der Waals surface area contributed by atoms with E-state index in [4.69, 9.17) is 4.84 Å². The van der Waals surface area contributed by atoms with Gasteiger partial charge in [-0.15, -0.1) is 16.4 Å². The summed E-state index contributed by atoms with van der Waals surface area (Å²) in [7, 11) is 2.00. The van der Waals surface area contributed by atoms with Gasteiger partial charge in [0.25, 0.3) is 0 Å². The van der Waals surface area contributed by atoms with Crippen LogP contribution in [0.5, 0.6) is 0 Å². The number of thiazole rings is 1. The molecule has 1 atom stereocenters. The Morgan fingerprint density at radius 1 is 1.54 bits per heavy atom. The van der Waals surface area contributed by atoms with Crippen LogP contribution in [0, 0.1) is 0 Å². The summed E-state index contributed by atoms with van der Waals surface area (Å²) in [6.07, 6.45) is 7.19. The summed E-state index contributed by atoms with van der Waals surface area (Å²) in [5, 5.41) is 12.5. The molecule has 1 amide bonds. The molecule has 3 rings (SSSR count). The molecule has 0 bridgehead atoms. The predicted octanol–water partition coefficient (Wildman–Crippen LogP) is 1.36. The van der Waals surface area contributed by atoms with Crippen molar-refractivity contribution in [2.75, 3.05) is 26.7 Å². The third-order valence-corrected chi connectivity index (χ3v) is 4.43. The summed E-state index contributed by atoms with van der Waals surface area (Å²) in [6.45, 7) is 3.95. The molecule has 0 radical (unpaired) electrons. The van der Waals surface area contributed by atoms with Crippen molar-refractivity contribution in [3.63, 3.8) is 0 Å². The van der Waals surface area contributed by atoms with Crippen molar-refractivity contribution in [1.29, 1.82) is 0 Å². The fourth-order valence-electron chi connectivity index (χ4n) is 2.54. The normalized spacial score (nSPS) is 18.4. The van der Waals surface area contributed by atoms with Crippen molar-refractivity contribution in [2.45, 2.75) is 19.4 Å². The first-order chi connectivity index (χ1) is 11.7. The SMILES string of the molecule is CCCON(C=O)C1C=C(n2cc(-c3nccs3)nn2)CN(C)C1. The van der Waals surface area contributed by atoms with Crippen LogP contribution < -0.4 is 0 Å². The van der Waals surface area contributed by atoms with Gasteiger partial charge in [-0.1, -0.05) is 12.1 Å². The lowest BCUT2D eigenvalue weighted by Gasteiger charge is -2.33. The van der Waals surface area contributed by atoms with Gasteiger partial charge in [0.1, 0.15) is 10.7 Å². The van der Waals surface area contributed by atoms with Gasteiger partial charge in [-0.25, -0.2) is 14.7 Å². The molecule has 1 unspecified atom stereocenters. The lowest BCUT2D eigenvalue weighted by Crippen LogP contribution is -2.45. The van der Waals surface area contributed by atoms with E-state index in [1.807, 2.05) is 31.6 Å². The molecule has 0 spiro atoms. The fraction of sp³-hybridized carbons (Fsp3) is 0.467. The van der Waals surface area contributed by atoms with Gasteiger partial charge in [-0.3, -0.25) is 14.5 Å². The van der Waals surface area contributed by atoms with Crippen molar-refractivity contribution in [3.05, 3.63) is 23.8 Å². The van der Waals surface area contributed by atoms with Gasteiger partial charge in [0.05, 0.1) is 24.5 Å². The van der Waals surface area contributed by atoms with Crippen LogP contribution in [0.25, 0.3) is 16.4 Å². The largest absolute Gasteiger partial charge is 0.298 e. The minimum absolute atomic E-state index is 0.157. The summed E-state index contributed by atoms with van der Waals surface area (Å²) in [5.41, 5.74) is 1.70. The van der Waals surface area contributed by atoms with Gasteiger partial charge in [0.2, 0.25) is 6.41 Å². The van der Waals surface area contributed by atoms with Crippen LogP contribution in [0.4, 0.5) is 0 Å². The topological polar surface area (TPSA) is 76.4 Å². The minimum atomic E-state index is -0.157. The first kappa shape index (κ1) is 16.7. The summed E-state index contributed by atoms with van der Waals surface area (Å²) in [4.78, 5) is 23.2. The van der Waals surface area contributed by atoms with Gasteiger partial charge in [0, 0.05) is 24.7 Å². The van der Waals surface area contributed by atoms with Gasteiger partial charge >= 0.3 is 0 Å². The molecule has 0 N–H and O–H groups in total. The van der Waals surface area contributed by atoms with Crippen molar-refractivity contribution < 1.29 is 9.63 Å². The second-order valence-electron chi connectivity index (χ2n) is 5.61. The molecule has 2 aromatic rings. The highest BCUT2D eigenvalue weighted by molar-refractivity contribution is 7.13. The molecule has 1 aliphatic rings. The smallest absolute Gasteiger partial charge is 0.233 e. The van der Waals surface area contributed by atoms with E-state index in [0.717, 1.165) is 35.8 Å². The Hall–Kier alpha value is -2.10. The highest BCUT2D eigenvalue weighted by Crippen LogP contribution is 2.21. The van der Waals surface area contributed by atoms with Crippen molar-refractivity contribution in [1.82, 2.24) is 29.9 Å². The first-order valence-corrected chi connectivity index (χ1v) is 8.67. The standard InChI is InChI=1S/C15H20N6O2S/c1-3-5-23-21(11-22)13-7-12(8-19(2)9-13)20-10-14(17-18-20)15-16-4-6-24-15/h4,6-7,10-11,13H,3,5,8-9H2,1-2H3. The van der Waals surface area contributed by atoms with E-state index in [-0.39, 0.29) is 6.04 Å². The molecule has 8 nitrogen and oxygen atoms in total. The van der Waals surface area contributed by atoms with Crippen LogP contribution in [-0.2, 0) is 9.63 Å². The van der Waals surface area contributed by atoms with Crippen LogP contribution >= 0.6 is 11.3 Å². The van der Waals surface area contributed by atoms with E-state index in [2.05, 4.69) is 20.2 Å². The number of carbonyl (C=O) groups is 1. The lowest BCUT2D eigenvalue weighted by molar-refractivity contribution is -0.182. The van der Waals surface area contributed by atoms with E-state index in [9.17, 15) is 4.79 Å². The average molecular weight is 348 g/mol. The molecule has 24 heavy (non-hydrogen) atoms. The number of aromatic nitrogens is 4. The van der Waals surface area contributed by atoms with Crippen LogP contribution in [0.3, 0.4) is 0 Å². The number of nitrogens with zero attached hydrogens (tertiary/aromatic N) is 6. The number of likely N-dealkylation sites (N-methyl/N-ethyl adjacent to an activating group) is 1. The summed E-state index contributed by atoms with van der Waals surface area (Å²) in [5.74, 6) is 0. The zero-order chi connectivity index (χ0) is 16.9. The maximum Gasteiger partial charge on any atom is 0.233 e. The Balaban J connectivity index is 1.82. The zero-order valence-electron chi connectivity index (χ0n) is 13.7. The fourth-order valence-corrected chi connectivity index (χ4v) is 3.13. The van der Waals surface area contributed by atoms with E-state index >= 15 is 0 Å². The molecule has 0 saturated carbocycles. The molecule has 0 aliphatic carbocycles. The number of rotatable bonds is 7. The number of hydrogen-bond donors (Lipinski definition) is 0. The second kappa shape index (κ2) is 7.65. The van der Waals surface area contributed by atoms with Gasteiger partial charge in [-0.2, -0.15) is 0 Å². The zero-order valence-corrected chi connectivity index (χ0v) is 14.5. The third kappa shape index (κ3) is 3.69. The first-order valence-electron chi connectivity index (χ1n) is 7.79. The quantitative estimate of drug-likeness (QED) is 0.555. The minimum Gasteiger partial charge on any atom is -0.298 e. The Morgan fingerprint density at radius 2 is 2.42 bits per heavy atom. The van der Waals surface area contributed by atoms with Crippen LogP contribution in [0.1, 0.15) is 13.3 Å². The van der Waals surface area contributed by atoms with Gasteiger partial charge in [0.15, 0.2) is 0 Å². The Kier molecular flexibility index (Phi) is 5.34. The van der Waals surface area contributed by atoms with E-state index < -0.39 is 0 Å². The molecular weight excluding hydrogens is 328 g/mol. The molecular formula is C15H20N6O2S. The number of hydrogen-bond acceptors (Lipinski definition) is 7. The van der Waals surface area contributed by atoms with Crippen LogP contribution in [0.15, 0.2) is 23.8 Å². The highest BCUT2D eigenvalue weighted by Gasteiger charge is 2.25. The van der Waals surface area contributed by atoms with Crippen molar-refractivity contribution >= 4 is 23.4 Å². The maximum absolute atomic E-state index is 11.3. The Morgan fingerprint density at radius 3 is 3.12 bits per heavy atom. The number of carbonyl (C=O) groups excluding carboxylic acids is 1. The second-order valence-corrected chi connectivity index (χ2v) is 6.50. The monoisotopic (exact) mass is 348 g/mol. The van der Waals surface area contributed by atoms with E-state index in [1.54, 1.807) is 10.9 Å². The number of hydroxylamine groups is 2. The Labute approximate surface area is 144 Å². The summed E-state index contributed by atoms with van der Waals surface area (Å²) in [6, 6.07) is -0.157. The van der Waals surface area contributed by atoms with Gasteiger partial charge < -0.3 is 0 Å².